The van der Waals surface area contributed by atoms with E-state index in [0.29, 0.717) is 0 Å². The average Bonchev–Trinajstić information content (AvgIpc) is 3.14. The second-order valence-electron chi connectivity index (χ2n) is 6.40. The van der Waals surface area contributed by atoms with Crippen molar-refractivity contribution in [3.05, 3.63) is 35.9 Å². The first-order valence-corrected chi connectivity index (χ1v) is 10.8. The molecule has 3 rings (SSSR count). The second-order valence-corrected chi connectivity index (χ2v) is 8.97. The smallest absolute Gasteiger partial charge is 0.236 e. The molecule has 8 heteroatoms. The number of piperazine rings is 1. The molecule has 1 aromatic carbocycles. The Morgan fingerprint density at radius 2 is 2.04 bits per heavy atom. The van der Waals surface area contributed by atoms with Gasteiger partial charge in [0.25, 0.3) is 0 Å². The highest BCUT2D eigenvalue weighted by Crippen LogP contribution is 2.29. The van der Waals surface area contributed by atoms with Gasteiger partial charge >= 0.3 is 0 Å². The Hall–Kier alpha value is -1.64. The van der Waals surface area contributed by atoms with Crippen LogP contribution >= 0.6 is 23.1 Å². The van der Waals surface area contributed by atoms with E-state index in [9.17, 15) is 4.79 Å². The molecule has 2 heterocycles. The van der Waals surface area contributed by atoms with Crippen LogP contribution in [0.25, 0.3) is 0 Å². The van der Waals surface area contributed by atoms with Gasteiger partial charge in [-0.05, 0) is 19.4 Å². The fourth-order valence-electron chi connectivity index (χ4n) is 2.96. The van der Waals surface area contributed by atoms with E-state index in [2.05, 4.69) is 34.6 Å². The quantitative estimate of drug-likeness (QED) is 0.697. The number of amides is 1. The van der Waals surface area contributed by atoms with Crippen molar-refractivity contribution in [2.75, 3.05) is 38.0 Å². The maximum atomic E-state index is 12.7. The number of nitrogens with zero attached hydrogens (tertiary/aromatic N) is 3. The fraction of sp³-hybridized carbons (Fsp3) is 0.500. The second kappa shape index (κ2) is 9.34. The minimum absolute atomic E-state index is 0.131. The molecule has 1 aromatic heterocycles. The number of hydrogen-bond donors (Lipinski definition) is 2. The molecule has 1 aliphatic heterocycles. The fourth-order valence-corrected chi connectivity index (χ4v) is 4.93. The first-order valence-electron chi connectivity index (χ1n) is 9.06. The lowest BCUT2D eigenvalue weighted by Gasteiger charge is -2.32. The van der Waals surface area contributed by atoms with Crippen LogP contribution in [0.4, 0.5) is 5.13 Å². The van der Waals surface area contributed by atoms with Crippen molar-refractivity contribution in [1.82, 2.24) is 15.1 Å². The summed E-state index contributed by atoms with van der Waals surface area (Å²) in [6, 6.07) is 10.2. The molecule has 0 unspecified atom stereocenters. The third-order valence-electron chi connectivity index (χ3n) is 4.60. The van der Waals surface area contributed by atoms with Gasteiger partial charge in [-0.2, -0.15) is 0 Å². The summed E-state index contributed by atoms with van der Waals surface area (Å²) in [5, 5.41) is 12.3. The highest BCUT2D eigenvalue weighted by atomic mass is 32.2. The Balaban J connectivity index is 1.48. The number of rotatable bonds is 7. The van der Waals surface area contributed by atoms with Crippen molar-refractivity contribution in [2.45, 2.75) is 30.0 Å². The molecule has 1 atom stereocenters. The Bertz CT molecular complexity index is 701. The molecule has 1 fully saturated rings. The normalized spacial score (nSPS) is 16.5. The van der Waals surface area contributed by atoms with Crippen molar-refractivity contribution in [2.24, 2.45) is 0 Å². The number of likely N-dealkylation sites (N-methyl/N-ethyl adjacent to an activating group) is 1. The van der Waals surface area contributed by atoms with Crippen LogP contribution in [0.2, 0.25) is 0 Å². The zero-order valence-corrected chi connectivity index (χ0v) is 16.9. The van der Waals surface area contributed by atoms with Gasteiger partial charge in [0, 0.05) is 6.54 Å². The molecule has 1 saturated heterocycles. The summed E-state index contributed by atoms with van der Waals surface area (Å²) in [6.07, 6.45) is 0. The van der Waals surface area contributed by atoms with Crippen molar-refractivity contribution in [3.63, 3.8) is 0 Å². The Labute approximate surface area is 163 Å². The zero-order chi connectivity index (χ0) is 18.4. The van der Waals surface area contributed by atoms with Gasteiger partial charge in [0.15, 0.2) is 4.34 Å². The summed E-state index contributed by atoms with van der Waals surface area (Å²) in [6.45, 7) is 9.82. The summed E-state index contributed by atoms with van der Waals surface area (Å²) in [7, 11) is 0. The number of carbonyl (C=O) groups is 1. The topological polar surface area (TPSA) is 62.6 Å². The van der Waals surface area contributed by atoms with Gasteiger partial charge in [-0.25, -0.2) is 0 Å². The molecule has 0 aliphatic carbocycles. The van der Waals surface area contributed by atoms with E-state index in [1.54, 1.807) is 4.90 Å². The Kier molecular flexibility index (Phi) is 6.87. The lowest BCUT2D eigenvalue weighted by atomic mass is 10.2. The monoisotopic (exact) mass is 392 g/mol. The van der Waals surface area contributed by atoms with Crippen LogP contribution < -0.4 is 10.2 Å². The molecule has 2 aromatic rings. The largest absolute Gasteiger partial charge is 0.356 e. The van der Waals surface area contributed by atoms with Crippen LogP contribution in [-0.4, -0.2) is 59.0 Å². The molecular weight excluding hydrogens is 366 g/mol. The molecule has 1 aliphatic rings. The number of thioether (sulfide) groups is 1. The summed E-state index contributed by atoms with van der Waals surface area (Å²) in [5.41, 5.74) is 1.20. The number of anilines is 1. The Morgan fingerprint density at radius 1 is 1.31 bits per heavy atom. The van der Waals surface area contributed by atoms with Crippen LogP contribution in [0.15, 0.2) is 34.7 Å². The third-order valence-corrected chi connectivity index (χ3v) is 6.65. The SMILES string of the molecule is CC[NH+]1CCN(C(=O)[C@H](C)Sc2nnc(NCc3ccccc3)s2)CC1. The minimum Gasteiger partial charge on any atom is -0.356 e. The number of carbonyl (C=O) groups excluding carboxylic acids is 1. The van der Waals surface area contributed by atoms with Gasteiger partial charge in [-0.15, -0.1) is 10.2 Å². The molecular formula is C18H26N5OS2+. The highest BCUT2D eigenvalue weighted by molar-refractivity contribution is 8.02. The lowest BCUT2D eigenvalue weighted by Crippen LogP contribution is -3.14. The molecule has 0 bridgehead atoms. The van der Waals surface area contributed by atoms with E-state index >= 15 is 0 Å². The average molecular weight is 393 g/mol. The minimum atomic E-state index is -0.131. The molecule has 0 saturated carbocycles. The Morgan fingerprint density at radius 3 is 2.73 bits per heavy atom. The molecule has 140 valence electrons. The van der Waals surface area contributed by atoms with E-state index in [1.807, 2.05) is 30.0 Å². The van der Waals surface area contributed by atoms with Crippen molar-refractivity contribution < 1.29 is 9.69 Å². The van der Waals surface area contributed by atoms with Gasteiger partial charge < -0.3 is 15.1 Å². The predicted molar refractivity (Wildman–Crippen MR) is 107 cm³/mol. The molecule has 0 radical (unpaired) electrons. The standard InChI is InChI=1S/C18H25N5OS2/c1-3-22-9-11-23(12-10-22)16(24)14(2)25-18-21-20-17(26-18)19-13-15-7-5-4-6-8-15/h4-8,14H,3,9-13H2,1-2H3,(H,19,20)/p+1/t14-/m0/s1. The van der Waals surface area contributed by atoms with E-state index in [4.69, 9.17) is 0 Å². The zero-order valence-electron chi connectivity index (χ0n) is 15.3. The molecule has 6 nitrogen and oxygen atoms in total. The van der Waals surface area contributed by atoms with Gasteiger partial charge in [-0.3, -0.25) is 4.79 Å². The molecule has 0 spiro atoms. The van der Waals surface area contributed by atoms with Crippen LogP contribution in [0.5, 0.6) is 0 Å². The van der Waals surface area contributed by atoms with Crippen molar-refractivity contribution in [1.29, 1.82) is 0 Å². The molecule has 2 N–H and O–H groups in total. The summed E-state index contributed by atoms with van der Waals surface area (Å²) in [5.74, 6) is 0.208. The van der Waals surface area contributed by atoms with Gasteiger partial charge in [-0.1, -0.05) is 53.4 Å². The number of nitrogens with one attached hydrogen (secondary N) is 2. The first kappa shape index (κ1) is 19.1. The molecule has 26 heavy (non-hydrogen) atoms. The maximum Gasteiger partial charge on any atom is 0.236 e. The highest BCUT2D eigenvalue weighted by Gasteiger charge is 2.27. The van der Waals surface area contributed by atoms with Gasteiger partial charge in [0.2, 0.25) is 11.0 Å². The van der Waals surface area contributed by atoms with Crippen LogP contribution in [0.1, 0.15) is 19.4 Å². The number of hydrogen-bond acceptors (Lipinski definition) is 6. The predicted octanol–water partition coefficient (Wildman–Crippen LogP) is 1.38. The third kappa shape index (κ3) is 5.18. The van der Waals surface area contributed by atoms with E-state index in [1.165, 1.54) is 28.7 Å². The lowest BCUT2D eigenvalue weighted by molar-refractivity contribution is -0.902. The number of quaternary nitrogens is 1. The van der Waals surface area contributed by atoms with Crippen LogP contribution in [0, 0.1) is 0 Å². The van der Waals surface area contributed by atoms with E-state index in [-0.39, 0.29) is 11.2 Å². The summed E-state index contributed by atoms with van der Waals surface area (Å²) < 4.78 is 0.833. The van der Waals surface area contributed by atoms with Gasteiger partial charge in [0.05, 0.1) is 38.0 Å². The first-order chi connectivity index (χ1) is 12.7. The van der Waals surface area contributed by atoms with Crippen LogP contribution in [0.3, 0.4) is 0 Å². The van der Waals surface area contributed by atoms with E-state index in [0.717, 1.165) is 48.7 Å². The number of benzene rings is 1. The van der Waals surface area contributed by atoms with E-state index < -0.39 is 0 Å². The summed E-state index contributed by atoms with van der Waals surface area (Å²) in [4.78, 5) is 16.2. The number of aromatic nitrogens is 2. The maximum absolute atomic E-state index is 12.7. The molecule has 1 amide bonds. The van der Waals surface area contributed by atoms with Gasteiger partial charge in [0.1, 0.15) is 0 Å². The van der Waals surface area contributed by atoms with Crippen LogP contribution in [-0.2, 0) is 11.3 Å². The van der Waals surface area contributed by atoms with Crippen molar-refractivity contribution >= 4 is 34.1 Å². The van der Waals surface area contributed by atoms with Crippen molar-refractivity contribution in [3.8, 4) is 0 Å². The summed E-state index contributed by atoms with van der Waals surface area (Å²) >= 11 is 3.00.